The van der Waals surface area contributed by atoms with Gasteiger partial charge in [0, 0.05) is 30.4 Å². The molecule has 1 aliphatic heterocycles. The lowest BCUT2D eigenvalue weighted by Crippen LogP contribution is -2.35. The molecule has 2 amide bonds. The van der Waals surface area contributed by atoms with Gasteiger partial charge in [0.05, 0.1) is 7.11 Å². The molecule has 0 bridgehead atoms. The fraction of sp³-hybridized carbons (Fsp3) is 0.333. The third-order valence-electron chi connectivity index (χ3n) is 4.51. The molecule has 2 aromatic rings. The first-order chi connectivity index (χ1) is 13.1. The molecule has 1 N–H and O–H groups in total. The largest absolute Gasteiger partial charge is 0.497 e. The van der Waals surface area contributed by atoms with Gasteiger partial charge in [-0.3, -0.25) is 9.59 Å². The highest BCUT2D eigenvalue weighted by Gasteiger charge is 2.21. The van der Waals surface area contributed by atoms with E-state index in [1.165, 1.54) is 0 Å². The maximum atomic E-state index is 12.2. The number of methoxy groups -OCH3 is 1. The van der Waals surface area contributed by atoms with Crippen molar-refractivity contribution in [2.75, 3.05) is 30.5 Å². The molecule has 1 saturated heterocycles. The Bertz CT molecular complexity index is 835. The average molecular weight is 368 g/mol. The zero-order valence-electron chi connectivity index (χ0n) is 15.7. The first-order valence-electron chi connectivity index (χ1n) is 9.04. The number of hydrogen-bond donors (Lipinski definition) is 1. The summed E-state index contributed by atoms with van der Waals surface area (Å²) in [5, 5.41) is 2.82. The van der Waals surface area contributed by atoms with Gasteiger partial charge in [-0.2, -0.15) is 0 Å². The van der Waals surface area contributed by atoms with E-state index in [2.05, 4.69) is 5.32 Å². The van der Waals surface area contributed by atoms with E-state index >= 15 is 0 Å². The number of nitrogens with zero attached hydrogens (tertiary/aromatic N) is 1. The van der Waals surface area contributed by atoms with E-state index in [1.807, 2.05) is 36.1 Å². The van der Waals surface area contributed by atoms with Crippen LogP contribution in [0.25, 0.3) is 0 Å². The number of ether oxygens (including phenoxy) is 2. The summed E-state index contributed by atoms with van der Waals surface area (Å²) in [6.07, 6.45) is 2.57. The average Bonchev–Trinajstić information content (AvgIpc) is 2.67. The normalized spacial score (nSPS) is 14.0. The molecule has 0 aliphatic carbocycles. The molecule has 0 unspecified atom stereocenters. The van der Waals surface area contributed by atoms with Gasteiger partial charge in [-0.1, -0.05) is 6.07 Å². The molecule has 0 aromatic heterocycles. The molecule has 6 nitrogen and oxygen atoms in total. The fourth-order valence-electron chi connectivity index (χ4n) is 3.13. The zero-order valence-corrected chi connectivity index (χ0v) is 15.7. The van der Waals surface area contributed by atoms with Gasteiger partial charge in [0.25, 0.3) is 5.91 Å². The Balaban J connectivity index is 1.59. The number of nitrogens with one attached hydrogen (secondary N) is 1. The van der Waals surface area contributed by atoms with Crippen LogP contribution in [0.2, 0.25) is 0 Å². The van der Waals surface area contributed by atoms with Crippen molar-refractivity contribution in [3.05, 3.63) is 48.0 Å². The smallest absolute Gasteiger partial charge is 0.262 e. The Kier molecular flexibility index (Phi) is 5.96. The minimum atomic E-state index is -0.251. The van der Waals surface area contributed by atoms with Gasteiger partial charge in [0.2, 0.25) is 5.91 Å². The van der Waals surface area contributed by atoms with E-state index in [9.17, 15) is 9.59 Å². The minimum Gasteiger partial charge on any atom is -0.497 e. The van der Waals surface area contributed by atoms with Crippen LogP contribution in [0, 0.1) is 6.92 Å². The number of hydrogen-bond acceptors (Lipinski definition) is 4. The molecular weight excluding hydrogens is 344 g/mol. The second-order valence-corrected chi connectivity index (χ2v) is 6.52. The highest BCUT2D eigenvalue weighted by atomic mass is 16.5. The highest BCUT2D eigenvalue weighted by molar-refractivity contribution is 5.96. The van der Waals surface area contributed by atoms with E-state index in [0.717, 1.165) is 30.6 Å². The van der Waals surface area contributed by atoms with Crippen molar-refractivity contribution < 1.29 is 19.1 Å². The van der Waals surface area contributed by atoms with E-state index in [4.69, 9.17) is 9.47 Å². The minimum absolute atomic E-state index is 0.0986. The Morgan fingerprint density at radius 1 is 1.15 bits per heavy atom. The number of amides is 2. The van der Waals surface area contributed by atoms with Crippen LogP contribution in [0.5, 0.6) is 11.5 Å². The standard InChI is InChI=1S/C21H24N2O4/c1-15-12-16(9-10-19(15)23-11-4-3-8-21(23)25)22-20(24)14-27-18-7-5-6-17(13-18)26-2/h5-7,9-10,12-13H,3-4,8,11,14H2,1-2H3,(H,22,24). The van der Waals surface area contributed by atoms with E-state index in [-0.39, 0.29) is 18.4 Å². The summed E-state index contributed by atoms with van der Waals surface area (Å²) in [7, 11) is 1.58. The quantitative estimate of drug-likeness (QED) is 0.847. The van der Waals surface area contributed by atoms with Gasteiger partial charge >= 0.3 is 0 Å². The van der Waals surface area contributed by atoms with Gasteiger partial charge in [-0.05, 0) is 55.7 Å². The molecular formula is C21H24N2O4. The van der Waals surface area contributed by atoms with Gasteiger partial charge in [-0.15, -0.1) is 0 Å². The molecule has 1 aliphatic rings. The molecule has 0 saturated carbocycles. The van der Waals surface area contributed by atoms with Crippen LogP contribution in [-0.4, -0.2) is 32.1 Å². The summed E-state index contributed by atoms with van der Waals surface area (Å²) < 4.78 is 10.6. The van der Waals surface area contributed by atoms with E-state index in [0.29, 0.717) is 23.6 Å². The van der Waals surface area contributed by atoms with Crippen LogP contribution < -0.4 is 19.7 Å². The van der Waals surface area contributed by atoms with Crippen molar-refractivity contribution in [3.63, 3.8) is 0 Å². The maximum absolute atomic E-state index is 12.2. The molecule has 1 heterocycles. The van der Waals surface area contributed by atoms with Crippen molar-refractivity contribution in [1.82, 2.24) is 0 Å². The number of rotatable bonds is 6. The van der Waals surface area contributed by atoms with Crippen LogP contribution in [0.4, 0.5) is 11.4 Å². The number of benzene rings is 2. The molecule has 0 radical (unpaired) electrons. The number of carbonyl (C=O) groups excluding carboxylic acids is 2. The van der Waals surface area contributed by atoms with E-state index in [1.54, 1.807) is 25.3 Å². The molecule has 27 heavy (non-hydrogen) atoms. The predicted molar refractivity (Wildman–Crippen MR) is 105 cm³/mol. The molecule has 1 fully saturated rings. The lowest BCUT2D eigenvalue weighted by molar-refractivity contribution is -0.119. The van der Waals surface area contributed by atoms with Crippen molar-refractivity contribution in [3.8, 4) is 11.5 Å². The van der Waals surface area contributed by atoms with Crippen molar-refractivity contribution in [2.24, 2.45) is 0 Å². The lowest BCUT2D eigenvalue weighted by Gasteiger charge is -2.28. The van der Waals surface area contributed by atoms with Crippen LogP contribution in [0.15, 0.2) is 42.5 Å². The zero-order chi connectivity index (χ0) is 19.2. The summed E-state index contributed by atoms with van der Waals surface area (Å²) in [4.78, 5) is 26.1. The van der Waals surface area contributed by atoms with Gasteiger partial charge in [0.15, 0.2) is 6.61 Å². The van der Waals surface area contributed by atoms with Crippen LogP contribution >= 0.6 is 0 Å². The molecule has 142 valence electrons. The summed E-state index contributed by atoms with van der Waals surface area (Å²) in [5.74, 6) is 1.15. The Labute approximate surface area is 159 Å². The molecule has 3 rings (SSSR count). The number of piperidine rings is 1. The Morgan fingerprint density at radius 3 is 2.70 bits per heavy atom. The summed E-state index contributed by atoms with van der Waals surface area (Å²) in [6, 6.07) is 12.7. The van der Waals surface area contributed by atoms with Crippen molar-refractivity contribution in [2.45, 2.75) is 26.2 Å². The number of aryl methyl sites for hydroxylation is 1. The third-order valence-corrected chi connectivity index (χ3v) is 4.51. The maximum Gasteiger partial charge on any atom is 0.262 e. The monoisotopic (exact) mass is 368 g/mol. The second-order valence-electron chi connectivity index (χ2n) is 6.52. The van der Waals surface area contributed by atoms with Crippen molar-refractivity contribution >= 4 is 23.2 Å². The topological polar surface area (TPSA) is 67.9 Å². The summed E-state index contributed by atoms with van der Waals surface area (Å²) in [5.41, 5.74) is 2.54. The Morgan fingerprint density at radius 2 is 1.96 bits per heavy atom. The van der Waals surface area contributed by atoms with E-state index < -0.39 is 0 Å². The first-order valence-corrected chi connectivity index (χ1v) is 9.04. The van der Waals surface area contributed by atoms with Crippen LogP contribution in [-0.2, 0) is 9.59 Å². The highest BCUT2D eigenvalue weighted by Crippen LogP contribution is 2.27. The van der Waals surface area contributed by atoms with Crippen molar-refractivity contribution in [1.29, 1.82) is 0 Å². The number of anilines is 2. The van der Waals surface area contributed by atoms with Crippen LogP contribution in [0.1, 0.15) is 24.8 Å². The molecule has 6 heteroatoms. The predicted octanol–water partition coefficient (Wildman–Crippen LogP) is 3.54. The lowest BCUT2D eigenvalue weighted by atomic mass is 10.1. The molecule has 0 spiro atoms. The Hall–Kier alpha value is -3.02. The van der Waals surface area contributed by atoms with Crippen LogP contribution in [0.3, 0.4) is 0 Å². The second kappa shape index (κ2) is 8.58. The SMILES string of the molecule is COc1cccc(OCC(=O)Nc2ccc(N3CCCCC3=O)c(C)c2)c1. The van der Waals surface area contributed by atoms with Gasteiger partial charge < -0.3 is 19.7 Å². The summed E-state index contributed by atoms with van der Waals surface area (Å²) in [6.45, 7) is 2.60. The number of carbonyl (C=O) groups is 2. The third kappa shape index (κ3) is 4.78. The van der Waals surface area contributed by atoms with Gasteiger partial charge in [0.1, 0.15) is 11.5 Å². The first kappa shape index (κ1) is 18.8. The molecule has 0 atom stereocenters. The molecule has 2 aromatic carbocycles. The van der Waals surface area contributed by atoms with Gasteiger partial charge in [-0.25, -0.2) is 0 Å². The fourth-order valence-corrected chi connectivity index (χ4v) is 3.13. The summed E-state index contributed by atoms with van der Waals surface area (Å²) >= 11 is 0.